The van der Waals surface area contributed by atoms with Crippen molar-refractivity contribution >= 4 is 0 Å². The van der Waals surface area contributed by atoms with E-state index < -0.39 is 0 Å². The Balaban J connectivity index is 1.92. The van der Waals surface area contributed by atoms with E-state index in [1.165, 1.54) is 36.0 Å². The molecule has 0 amide bonds. The molecule has 20 heavy (non-hydrogen) atoms. The third-order valence-corrected chi connectivity index (χ3v) is 4.09. The number of hydrogen-bond donors (Lipinski definition) is 1. The van der Waals surface area contributed by atoms with Crippen LogP contribution in [0.4, 0.5) is 0 Å². The van der Waals surface area contributed by atoms with E-state index in [2.05, 4.69) is 45.1 Å². The highest BCUT2D eigenvalue weighted by Gasteiger charge is 2.18. The van der Waals surface area contributed by atoms with E-state index in [0.717, 1.165) is 31.4 Å². The van der Waals surface area contributed by atoms with E-state index >= 15 is 0 Å². The molecule has 1 aliphatic rings. The molecule has 2 nitrogen and oxygen atoms in total. The van der Waals surface area contributed by atoms with Gasteiger partial charge in [0.2, 0.25) is 0 Å². The summed E-state index contributed by atoms with van der Waals surface area (Å²) in [6, 6.07) is 4.52. The molecule has 0 radical (unpaired) electrons. The Bertz CT molecular complexity index is 412. The maximum atomic E-state index is 6.05. The Kier molecular flexibility index (Phi) is 5.47. The molecule has 1 N–H and O–H groups in total. The van der Waals surface area contributed by atoms with Crippen LogP contribution in [0, 0.1) is 25.7 Å². The summed E-state index contributed by atoms with van der Waals surface area (Å²) in [6.07, 6.45) is 4.07. The number of aryl methyl sites for hydroxylation is 2. The lowest BCUT2D eigenvalue weighted by atomic mass is 9.86. The van der Waals surface area contributed by atoms with Gasteiger partial charge in [0, 0.05) is 6.54 Å². The number of rotatable bonds is 7. The standard InChI is InChI=1S/C18H29NO/c1-13(2)10-19-11-17-8-14(3)18(15(4)9-17)20-12-16-6-5-7-16/h8-9,13,16,19H,5-7,10-12H2,1-4H3. The van der Waals surface area contributed by atoms with Gasteiger partial charge in [0.15, 0.2) is 0 Å². The van der Waals surface area contributed by atoms with Crippen molar-refractivity contribution in [2.24, 2.45) is 11.8 Å². The second kappa shape index (κ2) is 7.12. The van der Waals surface area contributed by atoms with Crippen LogP contribution in [0.1, 0.15) is 49.8 Å². The first-order chi connectivity index (χ1) is 9.56. The minimum absolute atomic E-state index is 0.697. The molecule has 0 saturated heterocycles. The molecule has 0 aromatic heterocycles. The SMILES string of the molecule is Cc1cc(CNCC(C)C)cc(C)c1OCC1CCC1. The van der Waals surface area contributed by atoms with Crippen LogP contribution >= 0.6 is 0 Å². The summed E-state index contributed by atoms with van der Waals surface area (Å²) in [5, 5.41) is 3.50. The van der Waals surface area contributed by atoms with Gasteiger partial charge >= 0.3 is 0 Å². The van der Waals surface area contributed by atoms with Gasteiger partial charge in [0.25, 0.3) is 0 Å². The highest BCUT2D eigenvalue weighted by molar-refractivity contribution is 5.43. The predicted molar refractivity (Wildman–Crippen MR) is 85.3 cm³/mol. The predicted octanol–water partition coefficient (Wildman–Crippen LogP) is 4.23. The summed E-state index contributed by atoms with van der Waals surface area (Å²) in [4.78, 5) is 0. The Hall–Kier alpha value is -1.02. The van der Waals surface area contributed by atoms with Crippen molar-refractivity contribution in [2.45, 2.75) is 53.5 Å². The van der Waals surface area contributed by atoms with E-state index in [9.17, 15) is 0 Å². The summed E-state index contributed by atoms with van der Waals surface area (Å²) in [6.45, 7) is 11.7. The smallest absolute Gasteiger partial charge is 0.125 e. The van der Waals surface area contributed by atoms with Crippen molar-refractivity contribution in [3.63, 3.8) is 0 Å². The monoisotopic (exact) mass is 275 g/mol. The lowest BCUT2D eigenvalue weighted by Crippen LogP contribution is -2.20. The number of ether oxygens (including phenoxy) is 1. The molecule has 1 fully saturated rings. The molecule has 1 aromatic rings. The van der Waals surface area contributed by atoms with Crippen LogP contribution in [0.5, 0.6) is 5.75 Å². The summed E-state index contributed by atoms with van der Waals surface area (Å²) < 4.78 is 6.05. The van der Waals surface area contributed by atoms with Gasteiger partial charge in [-0.3, -0.25) is 0 Å². The average Bonchev–Trinajstić information content (AvgIpc) is 2.30. The van der Waals surface area contributed by atoms with Crippen molar-refractivity contribution in [3.8, 4) is 5.75 Å². The fourth-order valence-electron chi connectivity index (χ4n) is 2.74. The Morgan fingerprint density at radius 3 is 2.35 bits per heavy atom. The first kappa shape index (κ1) is 15.4. The average molecular weight is 275 g/mol. The van der Waals surface area contributed by atoms with Crippen molar-refractivity contribution in [3.05, 3.63) is 28.8 Å². The molecule has 112 valence electrons. The maximum Gasteiger partial charge on any atom is 0.125 e. The van der Waals surface area contributed by atoms with E-state index in [1.807, 2.05) is 0 Å². The first-order valence-corrected chi connectivity index (χ1v) is 8.00. The molecule has 0 heterocycles. The van der Waals surface area contributed by atoms with Gasteiger partial charge in [-0.1, -0.05) is 32.4 Å². The maximum absolute atomic E-state index is 6.05. The number of benzene rings is 1. The molecule has 1 aromatic carbocycles. The van der Waals surface area contributed by atoms with E-state index in [-0.39, 0.29) is 0 Å². The minimum Gasteiger partial charge on any atom is -0.493 e. The molecule has 0 bridgehead atoms. The van der Waals surface area contributed by atoms with Crippen LogP contribution in [0.25, 0.3) is 0 Å². The van der Waals surface area contributed by atoms with Crippen molar-refractivity contribution in [1.29, 1.82) is 0 Å². The van der Waals surface area contributed by atoms with E-state index in [1.54, 1.807) is 0 Å². The largest absolute Gasteiger partial charge is 0.493 e. The molecule has 0 aliphatic heterocycles. The summed E-state index contributed by atoms with van der Waals surface area (Å²) in [7, 11) is 0. The second-order valence-electron chi connectivity index (χ2n) is 6.69. The lowest BCUT2D eigenvalue weighted by molar-refractivity contribution is 0.179. The van der Waals surface area contributed by atoms with Crippen molar-refractivity contribution < 1.29 is 4.74 Å². The van der Waals surface area contributed by atoms with Crippen molar-refractivity contribution in [2.75, 3.05) is 13.2 Å². The zero-order valence-corrected chi connectivity index (χ0v) is 13.5. The van der Waals surface area contributed by atoms with Crippen LogP contribution in [-0.2, 0) is 6.54 Å². The number of nitrogens with one attached hydrogen (secondary N) is 1. The van der Waals surface area contributed by atoms with Crippen molar-refractivity contribution in [1.82, 2.24) is 5.32 Å². The topological polar surface area (TPSA) is 21.3 Å². The van der Waals surface area contributed by atoms with Gasteiger partial charge in [-0.15, -0.1) is 0 Å². The zero-order valence-electron chi connectivity index (χ0n) is 13.5. The normalized spacial score (nSPS) is 15.4. The summed E-state index contributed by atoms with van der Waals surface area (Å²) in [5.41, 5.74) is 3.90. The molecule has 1 aliphatic carbocycles. The fourth-order valence-corrected chi connectivity index (χ4v) is 2.74. The molecular formula is C18H29NO. The van der Waals surface area contributed by atoms with Gasteiger partial charge in [-0.25, -0.2) is 0 Å². The Morgan fingerprint density at radius 1 is 1.20 bits per heavy atom. The highest BCUT2D eigenvalue weighted by Crippen LogP contribution is 2.30. The van der Waals surface area contributed by atoms with Crippen LogP contribution < -0.4 is 10.1 Å². The molecule has 2 heteroatoms. The zero-order chi connectivity index (χ0) is 14.5. The minimum atomic E-state index is 0.697. The van der Waals surface area contributed by atoms with Gasteiger partial charge in [0.1, 0.15) is 5.75 Å². The molecule has 0 atom stereocenters. The van der Waals surface area contributed by atoms with E-state index in [0.29, 0.717) is 5.92 Å². The first-order valence-electron chi connectivity index (χ1n) is 8.00. The summed E-state index contributed by atoms with van der Waals surface area (Å²) in [5.74, 6) is 2.59. The Labute approximate surface area is 123 Å². The third kappa shape index (κ3) is 4.24. The fraction of sp³-hybridized carbons (Fsp3) is 0.667. The quantitative estimate of drug-likeness (QED) is 0.804. The van der Waals surface area contributed by atoms with Gasteiger partial charge < -0.3 is 10.1 Å². The van der Waals surface area contributed by atoms with Crippen LogP contribution in [0.2, 0.25) is 0 Å². The van der Waals surface area contributed by atoms with E-state index in [4.69, 9.17) is 4.74 Å². The lowest BCUT2D eigenvalue weighted by Gasteiger charge is -2.26. The van der Waals surface area contributed by atoms with Gasteiger partial charge in [-0.2, -0.15) is 0 Å². The van der Waals surface area contributed by atoms with Gasteiger partial charge in [0.05, 0.1) is 6.61 Å². The van der Waals surface area contributed by atoms with Crippen LogP contribution in [-0.4, -0.2) is 13.2 Å². The Morgan fingerprint density at radius 2 is 1.85 bits per heavy atom. The van der Waals surface area contributed by atoms with Gasteiger partial charge in [-0.05, 0) is 61.8 Å². The molecule has 0 unspecified atom stereocenters. The van der Waals surface area contributed by atoms with Crippen LogP contribution in [0.15, 0.2) is 12.1 Å². The highest BCUT2D eigenvalue weighted by atomic mass is 16.5. The molecule has 2 rings (SSSR count). The second-order valence-corrected chi connectivity index (χ2v) is 6.69. The molecule has 1 saturated carbocycles. The summed E-state index contributed by atoms with van der Waals surface area (Å²) >= 11 is 0. The molecular weight excluding hydrogens is 246 g/mol. The van der Waals surface area contributed by atoms with Crippen LogP contribution in [0.3, 0.4) is 0 Å². The number of hydrogen-bond acceptors (Lipinski definition) is 2. The molecule has 0 spiro atoms. The third-order valence-electron chi connectivity index (χ3n) is 4.09.